The molecule has 2 heterocycles. The summed E-state index contributed by atoms with van der Waals surface area (Å²) >= 11 is 7.34. The van der Waals surface area contributed by atoms with Gasteiger partial charge in [0.1, 0.15) is 5.03 Å². The molecule has 0 aliphatic carbocycles. The van der Waals surface area contributed by atoms with Crippen LogP contribution in [0.3, 0.4) is 0 Å². The van der Waals surface area contributed by atoms with Crippen molar-refractivity contribution < 1.29 is 0 Å². The van der Waals surface area contributed by atoms with Crippen LogP contribution in [0.5, 0.6) is 0 Å². The Morgan fingerprint density at radius 3 is 2.30 bits per heavy atom. The molecule has 0 saturated heterocycles. The zero-order chi connectivity index (χ0) is 13.5. The third kappa shape index (κ3) is 1.76. The molecule has 20 heavy (non-hydrogen) atoms. The van der Waals surface area contributed by atoms with E-state index in [1.165, 1.54) is 16.3 Å². The summed E-state index contributed by atoms with van der Waals surface area (Å²) in [7, 11) is 0. The van der Waals surface area contributed by atoms with Crippen molar-refractivity contribution in [1.29, 1.82) is 0 Å². The molecule has 1 atom stereocenters. The Labute approximate surface area is 126 Å². The molecule has 1 N–H and O–H groups in total. The smallest absolute Gasteiger partial charge is 0.182 e. The number of fused-ring (bicyclic) bond motifs is 1. The van der Waals surface area contributed by atoms with E-state index < -0.39 is 0 Å². The van der Waals surface area contributed by atoms with Gasteiger partial charge < -0.3 is 4.98 Å². The van der Waals surface area contributed by atoms with Gasteiger partial charge in [-0.05, 0) is 29.9 Å². The van der Waals surface area contributed by atoms with Gasteiger partial charge >= 0.3 is 0 Å². The van der Waals surface area contributed by atoms with Crippen LogP contribution in [0.1, 0.15) is 16.5 Å². The van der Waals surface area contributed by atoms with Gasteiger partial charge in [-0.1, -0.05) is 60.3 Å². The summed E-state index contributed by atoms with van der Waals surface area (Å²) in [4.78, 5) is 3.37. The molecular weight excluding hydrogens is 284 g/mol. The summed E-state index contributed by atoms with van der Waals surface area (Å²) in [5.74, 6) is 0. The molecule has 0 saturated carbocycles. The first-order chi connectivity index (χ1) is 9.84. The van der Waals surface area contributed by atoms with E-state index in [2.05, 4.69) is 45.9 Å². The van der Waals surface area contributed by atoms with Gasteiger partial charge in [0.05, 0.1) is 10.9 Å². The van der Waals surface area contributed by atoms with Crippen LogP contribution in [-0.2, 0) is 0 Å². The number of thioether (sulfide) groups is 1. The van der Waals surface area contributed by atoms with Crippen LogP contribution in [0.2, 0.25) is 0 Å². The van der Waals surface area contributed by atoms with Gasteiger partial charge in [-0.3, -0.25) is 4.57 Å². The first kappa shape index (κ1) is 12.0. The molecule has 1 aromatic heterocycles. The second-order valence-electron chi connectivity index (χ2n) is 4.73. The molecule has 0 fully saturated rings. The number of aromatic nitrogens is 2. The molecule has 0 bridgehead atoms. The van der Waals surface area contributed by atoms with E-state index in [-0.39, 0.29) is 0 Å². The summed E-state index contributed by atoms with van der Waals surface area (Å²) in [6, 6.07) is 20.8. The molecule has 1 aliphatic heterocycles. The standard InChI is InChI=1S/C16H12N2S2/c19-16-17-13-14(11-7-3-1-4-8-11)20-15(13)18(16)12-9-5-2-6-10-12/h1-10,14H,(H,17,19). The van der Waals surface area contributed by atoms with Gasteiger partial charge in [-0.2, -0.15) is 0 Å². The highest BCUT2D eigenvalue weighted by Crippen LogP contribution is 2.53. The van der Waals surface area contributed by atoms with E-state index in [1.807, 2.05) is 36.0 Å². The van der Waals surface area contributed by atoms with Crippen LogP contribution in [-0.4, -0.2) is 9.55 Å². The first-order valence-corrected chi connectivity index (χ1v) is 7.75. The number of nitrogens with one attached hydrogen (secondary N) is 1. The fourth-order valence-corrected chi connectivity index (χ4v) is 4.10. The molecule has 1 aliphatic rings. The van der Waals surface area contributed by atoms with Crippen LogP contribution in [0.15, 0.2) is 65.7 Å². The van der Waals surface area contributed by atoms with Crippen molar-refractivity contribution in [3.8, 4) is 5.69 Å². The molecular formula is C16H12N2S2. The van der Waals surface area contributed by atoms with Crippen molar-refractivity contribution in [2.75, 3.05) is 0 Å². The van der Waals surface area contributed by atoms with Crippen molar-refractivity contribution in [2.24, 2.45) is 0 Å². The van der Waals surface area contributed by atoms with Gasteiger partial charge in [0.25, 0.3) is 0 Å². The van der Waals surface area contributed by atoms with Crippen LogP contribution in [0, 0.1) is 4.77 Å². The van der Waals surface area contributed by atoms with Gasteiger partial charge in [-0.25, -0.2) is 0 Å². The van der Waals surface area contributed by atoms with Crippen molar-refractivity contribution in [3.05, 3.63) is 76.7 Å². The Morgan fingerprint density at radius 1 is 0.950 bits per heavy atom. The lowest BCUT2D eigenvalue weighted by Gasteiger charge is -2.26. The highest BCUT2D eigenvalue weighted by Gasteiger charge is 2.34. The summed E-state index contributed by atoms with van der Waals surface area (Å²) in [5, 5.41) is 1.60. The molecule has 4 rings (SSSR count). The number of nitrogens with zero attached hydrogens (tertiary/aromatic N) is 1. The van der Waals surface area contributed by atoms with Crippen molar-refractivity contribution >= 4 is 24.0 Å². The monoisotopic (exact) mass is 296 g/mol. The largest absolute Gasteiger partial charge is 0.332 e. The molecule has 0 radical (unpaired) electrons. The Kier molecular flexibility index (Phi) is 2.79. The van der Waals surface area contributed by atoms with Gasteiger partial charge in [-0.15, -0.1) is 0 Å². The molecule has 0 amide bonds. The van der Waals surface area contributed by atoms with Crippen molar-refractivity contribution in [2.45, 2.75) is 10.3 Å². The van der Waals surface area contributed by atoms with Gasteiger partial charge in [0, 0.05) is 5.69 Å². The van der Waals surface area contributed by atoms with E-state index in [0.717, 1.165) is 10.5 Å². The third-order valence-corrected chi connectivity index (χ3v) is 5.14. The SMILES string of the molecule is S=c1[nH]c2c(n1-c1ccccc1)SC2c1ccccc1. The molecule has 1 unspecified atom stereocenters. The van der Waals surface area contributed by atoms with Crippen LogP contribution in [0.25, 0.3) is 5.69 Å². The maximum absolute atomic E-state index is 5.48. The van der Waals surface area contributed by atoms with Gasteiger partial charge in [0.15, 0.2) is 4.77 Å². The lowest BCUT2D eigenvalue weighted by atomic mass is 10.1. The minimum atomic E-state index is 0.373. The zero-order valence-electron chi connectivity index (χ0n) is 10.6. The third-order valence-electron chi connectivity index (χ3n) is 3.49. The number of rotatable bonds is 2. The fraction of sp³-hybridized carbons (Fsp3) is 0.0625. The second kappa shape index (κ2) is 4.65. The Bertz CT molecular complexity index is 803. The molecule has 3 aromatic rings. The predicted octanol–water partition coefficient (Wildman–Crippen LogP) is 4.73. The van der Waals surface area contributed by atoms with Gasteiger partial charge in [0.2, 0.25) is 0 Å². The number of hydrogen-bond donors (Lipinski definition) is 1. The normalized spacial score (nSPS) is 16.5. The number of hydrogen-bond acceptors (Lipinski definition) is 2. The number of H-pyrrole nitrogens is 1. The number of imidazole rings is 1. The fourth-order valence-electron chi connectivity index (χ4n) is 2.52. The lowest BCUT2D eigenvalue weighted by molar-refractivity contribution is 0.876. The molecule has 2 aromatic carbocycles. The first-order valence-electron chi connectivity index (χ1n) is 6.46. The minimum Gasteiger partial charge on any atom is -0.332 e. The molecule has 98 valence electrons. The second-order valence-corrected chi connectivity index (χ2v) is 6.21. The predicted molar refractivity (Wildman–Crippen MR) is 85.1 cm³/mol. The molecule has 2 nitrogen and oxygen atoms in total. The zero-order valence-corrected chi connectivity index (χ0v) is 12.2. The summed E-state index contributed by atoms with van der Waals surface area (Å²) in [6.07, 6.45) is 0. The van der Waals surface area contributed by atoms with Crippen LogP contribution >= 0.6 is 24.0 Å². The van der Waals surface area contributed by atoms with E-state index in [1.54, 1.807) is 0 Å². The summed E-state index contributed by atoms with van der Waals surface area (Å²) < 4.78 is 2.89. The highest BCUT2D eigenvalue weighted by atomic mass is 32.2. The van der Waals surface area contributed by atoms with E-state index in [0.29, 0.717) is 5.25 Å². The maximum atomic E-state index is 5.48. The van der Waals surface area contributed by atoms with E-state index in [9.17, 15) is 0 Å². The lowest BCUT2D eigenvalue weighted by Crippen LogP contribution is -2.10. The average Bonchev–Trinajstić information content (AvgIpc) is 2.74. The Hall–Kier alpha value is -1.78. The number of aromatic amines is 1. The Morgan fingerprint density at radius 2 is 1.60 bits per heavy atom. The quantitative estimate of drug-likeness (QED) is 0.690. The summed E-state index contributed by atoms with van der Waals surface area (Å²) in [5.41, 5.74) is 3.67. The van der Waals surface area contributed by atoms with Crippen molar-refractivity contribution in [1.82, 2.24) is 9.55 Å². The molecule has 0 spiro atoms. The molecule has 4 heteroatoms. The minimum absolute atomic E-state index is 0.373. The topological polar surface area (TPSA) is 20.7 Å². The van der Waals surface area contributed by atoms with Crippen LogP contribution in [0.4, 0.5) is 0 Å². The summed E-state index contributed by atoms with van der Waals surface area (Å²) in [6.45, 7) is 0. The van der Waals surface area contributed by atoms with E-state index >= 15 is 0 Å². The van der Waals surface area contributed by atoms with Crippen LogP contribution < -0.4 is 0 Å². The average molecular weight is 296 g/mol. The Balaban J connectivity index is 1.80. The number of benzene rings is 2. The highest BCUT2D eigenvalue weighted by molar-refractivity contribution is 8.01. The van der Waals surface area contributed by atoms with E-state index in [4.69, 9.17) is 12.2 Å². The maximum Gasteiger partial charge on any atom is 0.182 e. The number of para-hydroxylation sites is 1. The van der Waals surface area contributed by atoms with Crippen molar-refractivity contribution in [3.63, 3.8) is 0 Å².